The average Bonchev–Trinajstić information content (AvgIpc) is 2.80. The first kappa shape index (κ1) is 21.3. The van der Waals surface area contributed by atoms with Crippen LogP contribution >= 0.6 is 0 Å². The molecule has 5 heteroatoms. The number of carbonyl (C=O) groups excluding carboxylic acids is 1. The van der Waals surface area contributed by atoms with E-state index < -0.39 is 6.16 Å². The van der Waals surface area contributed by atoms with Crippen LogP contribution in [0.25, 0.3) is 0 Å². The maximum Gasteiger partial charge on any atom is 0.511 e. The number of benzene rings is 2. The molecule has 1 heterocycles. The van der Waals surface area contributed by atoms with Gasteiger partial charge in [0.1, 0.15) is 11.9 Å². The molecule has 5 rings (SSSR count). The largest absolute Gasteiger partial charge is 0.511 e. The van der Waals surface area contributed by atoms with Crippen molar-refractivity contribution in [2.24, 2.45) is 5.92 Å². The van der Waals surface area contributed by atoms with Crippen LogP contribution in [0.4, 0.5) is 4.79 Å². The zero-order valence-electron chi connectivity index (χ0n) is 18.8. The number of hydrogen-bond acceptors (Lipinski definition) is 5. The van der Waals surface area contributed by atoms with E-state index in [2.05, 4.69) is 17.4 Å². The highest BCUT2D eigenvalue weighted by atomic mass is 16.8. The quantitative estimate of drug-likeness (QED) is 0.502. The van der Waals surface area contributed by atoms with Crippen molar-refractivity contribution in [1.29, 1.82) is 0 Å². The molecule has 0 amide bonds. The third-order valence-corrected chi connectivity index (χ3v) is 7.68. The van der Waals surface area contributed by atoms with E-state index in [1.807, 2.05) is 43.3 Å². The molecule has 2 bridgehead atoms. The molecule has 3 aliphatic rings. The Bertz CT molecular complexity index is 942. The second-order valence-electron chi connectivity index (χ2n) is 9.62. The van der Waals surface area contributed by atoms with Crippen LogP contribution in [0, 0.1) is 5.92 Å². The minimum absolute atomic E-state index is 0.143. The van der Waals surface area contributed by atoms with E-state index in [0.717, 1.165) is 30.2 Å². The molecular formula is C27H33NO4. The second-order valence-corrected chi connectivity index (χ2v) is 9.62. The Morgan fingerprint density at radius 3 is 2.91 bits per heavy atom. The molecule has 5 nitrogen and oxygen atoms in total. The lowest BCUT2D eigenvalue weighted by Gasteiger charge is -2.56. The maximum absolute atomic E-state index is 12.1. The van der Waals surface area contributed by atoms with Crippen molar-refractivity contribution in [2.75, 3.05) is 13.3 Å². The molecule has 170 valence electrons. The zero-order valence-corrected chi connectivity index (χ0v) is 18.8. The smallest absolute Gasteiger partial charge is 0.457 e. The summed E-state index contributed by atoms with van der Waals surface area (Å²) in [5, 5.41) is 3.77. The lowest BCUT2D eigenvalue weighted by molar-refractivity contribution is -0.0115. The lowest BCUT2D eigenvalue weighted by atomic mass is 9.53. The van der Waals surface area contributed by atoms with Crippen LogP contribution in [0.15, 0.2) is 48.5 Å². The van der Waals surface area contributed by atoms with Gasteiger partial charge >= 0.3 is 6.16 Å². The van der Waals surface area contributed by atoms with E-state index in [-0.39, 0.29) is 18.3 Å². The number of nitrogens with one attached hydrogen (secondary N) is 1. The first-order chi connectivity index (χ1) is 15.6. The first-order valence-electron chi connectivity index (χ1n) is 12.0. The van der Waals surface area contributed by atoms with Crippen LogP contribution in [-0.2, 0) is 27.7 Å². The highest BCUT2D eigenvalue weighted by Gasteiger charge is 2.51. The van der Waals surface area contributed by atoms with Crippen LogP contribution < -0.4 is 10.1 Å². The summed E-state index contributed by atoms with van der Waals surface area (Å²) in [5.74, 6) is 1.50. The van der Waals surface area contributed by atoms with Gasteiger partial charge in [-0.25, -0.2) is 4.79 Å². The maximum atomic E-state index is 12.1. The Balaban J connectivity index is 1.18. The summed E-state index contributed by atoms with van der Waals surface area (Å²) >= 11 is 0. The molecule has 1 N–H and O–H groups in total. The summed E-state index contributed by atoms with van der Waals surface area (Å²) in [4.78, 5) is 12.1. The Labute approximate surface area is 190 Å². The van der Waals surface area contributed by atoms with Crippen molar-refractivity contribution < 1.29 is 19.0 Å². The Morgan fingerprint density at radius 1 is 1.16 bits per heavy atom. The molecule has 4 atom stereocenters. The molecule has 1 aliphatic heterocycles. The predicted octanol–water partition coefficient (Wildman–Crippen LogP) is 5.15. The monoisotopic (exact) mass is 435 g/mol. The number of carbonyl (C=O) groups is 1. The van der Waals surface area contributed by atoms with Gasteiger partial charge in [0.25, 0.3) is 0 Å². The fraction of sp³-hybridized carbons (Fsp3) is 0.519. The van der Waals surface area contributed by atoms with Crippen molar-refractivity contribution in [3.63, 3.8) is 0 Å². The van der Waals surface area contributed by atoms with Crippen molar-refractivity contribution in [1.82, 2.24) is 5.32 Å². The Morgan fingerprint density at radius 2 is 2.03 bits per heavy atom. The van der Waals surface area contributed by atoms with E-state index in [1.165, 1.54) is 43.2 Å². The van der Waals surface area contributed by atoms with E-state index in [0.29, 0.717) is 12.5 Å². The van der Waals surface area contributed by atoms with Crippen LogP contribution in [-0.4, -0.2) is 31.6 Å². The second kappa shape index (κ2) is 9.14. The van der Waals surface area contributed by atoms with E-state index in [4.69, 9.17) is 14.2 Å². The highest BCUT2D eigenvalue weighted by Crippen LogP contribution is 2.54. The molecule has 2 aromatic rings. The lowest BCUT2D eigenvalue weighted by Crippen LogP contribution is -2.59. The number of hydrogen-bond donors (Lipinski definition) is 1. The van der Waals surface area contributed by atoms with Gasteiger partial charge in [-0.1, -0.05) is 49.2 Å². The van der Waals surface area contributed by atoms with Gasteiger partial charge in [0, 0.05) is 17.9 Å². The molecule has 1 saturated carbocycles. The molecule has 0 radical (unpaired) electrons. The van der Waals surface area contributed by atoms with Gasteiger partial charge < -0.3 is 19.5 Å². The van der Waals surface area contributed by atoms with Crippen LogP contribution in [0.1, 0.15) is 55.7 Å². The first-order valence-corrected chi connectivity index (χ1v) is 12.0. The van der Waals surface area contributed by atoms with E-state index in [1.54, 1.807) is 0 Å². The Hall–Kier alpha value is -2.53. The van der Waals surface area contributed by atoms with Gasteiger partial charge in [-0.3, -0.25) is 0 Å². The molecule has 2 fully saturated rings. The average molecular weight is 436 g/mol. The highest BCUT2D eigenvalue weighted by molar-refractivity contribution is 5.60. The number of fused-ring (bicyclic) bond motifs is 1. The summed E-state index contributed by atoms with van der Waals surface area (Å²) in [7, 11) is 0. The van der Waals surface area contributed by atoms with Gasteiger partial charge in [-0.15, -0.1) is 0 Å². The minimum Gasteiger partial charge on any atom is -0.457 e. The standard InChI is InChI=1S/C27H33NO4/c1-19(15-20-7-3-2-4-8-20)32-26(29)31-18-30-22-11-10-21-16-25-23-9-5-6-12-27(23,13-14-28-25)24(21)17-22/h2-4,7-8,10-11,17,19,23,25,28H,5-6,9,12-16,18H2,1H3/t19?,23-,25+,27+/m1/s1. The fourth-order valence-corrected chi connectivity index (χ4v) is 6.32. The molecule has 1 saturated heterocycles. The van der Waals surface area contributed by atoms with Crippen molar-refractivity contribution in [2.45, 2.75) is 69.4 Å². The third kappa shape index (κ3) is 4.23. The van der Waals surface area contributed by atoms with Gasteiger partial charge in [0.05, 0.1) is 0 Å². The molecule has 32 heavy (non-hydrogen) atoms. The third-order valence-electron chi connectivity index (χ3n) is 7.68. The summed E-state index contributed by atoms with van der Waals surface area (Å²) in [6.07, 6.45) is 7.24. The zero-order chi connectivity index (χ0) is 22.0. The van der Waals surface area contributed by atoms with Gasteiger partial charge in [0.2, 0.25) is 6.79 Å². The molecule has 0 spiro atoms. The predicted molar refractivity (Wildman–Crippen MR) is 123 cm³/mol. The summed E-state index contributed by atoms with van der Waals surface area (Å²) < 4.78 is 16.4. The van der Waals surface area contributed by atoms with Crippen LogP contribution in [0.5, 0.6) is 5.75 Å². The van der Waals surface area contributed by atoms with E-state index >= 15 is 0 Å². The van der Waals surface area contributed by atoms with Gasteiger partial charge in [-0.05, 0) is 73.9 Å². The summed E-state index contributed by atoms with van der Waals surface area (Å²) in [6, 6.07) is 17.0. The molecule has 1 unspecified atom stereocenters. The van der Waals surface area contributed by atoms with E-state index in [9.17, 15) is 4.79 Å². The van der Waals surface area contributed by atoms with Crippen LogP contribution in [0.2, 0.25) is 0 Å². The normalized spacial score (nSPS) is 26.9. The summed E-state index contributed by atoms with van der Waals surface area (Å²) in [5.41, 5.74) is 4.33. The van der Waals surface area contributed by atoms with Crippen molar-refractivity contribution >= 4 is 6.16 Å². The molecule has 2 aromatic carbocycles. The Kier molecular flexibility index (Phi) is 6.09. The number of piperidine rings is 1. The fourth-order valence-electron chi connectivity index (χ4n) is 6.32. The van der Waals surface area contributed by atoms with Gasteiger partial charge in [0.15, 0.2) is 0 Å². The van der Waals surface area contributed by atoms with Crippen molar-refractivity contribution in [3.8, 4) is 5.75 Å². The topological polar surface area (TPSA) is 56.8 Å². The van der Waals surface area contributed by atoms with Crippen molar-refractivity contribution in [3.05, 3.63) is 65.2 Å². The number of ether oxygens (including phenoxy) is 3. The van der Waals surface area contributed by atoms with Gasteiger partial charge in [-0.2, -0.15) is 0 Å². The molecule has 0 aromatic heterocycles. The molecular weight excluding hydrogens is 402 g/mol. The molecule has 2 aliphatic carbocycles. The minimum atomic E-state index is -0.696. The van der Waals surface area contributed by atoms with Crippen LogP contribution in [0.3, 0.4) is 0 Å². The number of rotatable bonds is 6. The SMILES string of the molecule is CC(Cc1ccccc1)OC(=O)OCOc1ccc2c(c1)[C@]13CCCC[C@@H]1[C@H](C2)NCC3. The summed E-state index contributed by atoms with van der Waals surface area (Å²) in [6.45, 7) is 2.82.